The number of halogens is 1. The van der Waals surface area contributed by atoms with Crippen molar-refractivity contribution in [2.75, 3.05) is 19.0 Å². The topological polar surface area (TPSA) is 47.6 Å². The van der Waals surface area contributed by atoms with Gasteiger partial charge in [0.1, 0.15) is 18.1 Å². The van der Waals surface area contributed by atoms with Gasteiger partial charge < -0.3 is 14.8 Å². The summed E-state index contributed by atoms with van der Waals surface area (Å²) in [4.78, 5) is 12.3. The Kier molecular flexibility index (Phi) is 5.66. The van der Waals surface area contributed by atoms with E-state index in [-0.39, 0.29) is 5.91 Å². The first-order chi connectivity index (χ1) is 11.0. The molecule has 0 aromatic heterocycles. The van der Waals surface area contributed by atoms with Crippen LogP contribution in [0.2, 0.25) is 5.02 Å². The van der Waals surface area contributed by atoms with Crippen LogP contribution in [0.4, 0.5) is 5.69 Å². The molecular formula is C18H18ClNO3. The molecule has 0 aliphatic heterocycles. The maximum Gasteiger partial charge on any atom is 0.255 e. The van der Waals surface area contributed by atoms with Gasteiger partial charge in [-0.25, -0.2) is 0 Å². The largest absolute Gasteiger partial charge is 0.495 e. The smallest absolute Gasteiger partial charge is 0.255 e. The molecule has 0 aliphatic carbocycles. The predicted octanol–water partition coefficient (Wildman–Crippen LogP) is 4.47. The fraction of sp³-hybridized carbons (Fsp3) is 0.167. The molecular weight excluding hydrogens is 314 g/mol. The van der Waals surface area contributed by atoms with Crippen molar-refractivity contribution >= 4 is 23.2 Å². The lowest BCUT2D eigenvalue weighted by molar-refractivity contribution is 0.102. The number of hydrogen-bond acceptors (Lipinski definition) is 3. The number of carbonyl (C=O) groups excluding carboxylic acids is 1. The molecule has 0 atom stereocenters. The van der Waals surface area contributed by atoms with E-state index >= 15 is 0 Å². The number of anilines is 1. The summed E-state index contributed by atoms with van der Waals surface area (Å²) in [7, 11) is 1.53. The third kappa shape index (κ3) is 4.27. The van der Waals surface area contributed by atoms with Crippen LogP contribution in [0, 0.1) is 6.92 Å². The molecule has 120 valence electrons. The highest BCUT2D eigenvalue weighted by molar-refractivity contribution is 6.31. The molecule has 5 heteroatoms. The third-order valence-corrected chi connectivity index (χ3v) is 3.62. The molecule has 0 unspecified atom stereocenters. The second kappa shape index (κ2) is 7.70. The number of methoxy groups -OCH3 is 1. The summed E-state index contributed by atoms with van der Waals surface area (Å²) in [6.07, 6.45) is 1.66. The fourth-order valence-electron chi connectivity index (χ4n) is 1.98. The molecule has 2 aromatic rings. The van der Waals surface area contributed by atoms with Crippen LogP contribution in [0.15, 0.2) is 49.1 Å². The van der Waals surface area contributed by atoms with Gasteiger partial charge in [0.15, 0.2) is 0 Å². The summed E-state index contributed by atoms with van der Waals surface area (Å²) < 4.78 is 10.6. The van der Waals surface area contributed by atoms with E-state index in [0.29, 0.717) is 34.4 Å². The van der Waals surface area contributed by atoms with Crippen LogP contribution in [0.1, 0.15) is 15.9 Å². The Balaban J connectivity index is 2.15. The SMILES string of the molecule is C=CCOc1ccc(C(=O)Nc2cc(C)c(Cl)cc2OC)cc1. The Morgan fingerprint density at radius 1 is 1.30 bits per heavy atom. The van der Waals surface area contributed by atoms with Gasteiger partial charge >= 0.3 is 0 Å². The van der Waals surface area contributed by atoms with Crippen molar-refractivity contribution in [3.05, 3.63) is 65.2 Å². The molecule has 0 radical (unpaired) electrons. The number of rotatable bonds is 6. The predicted molar refractivity (Wildman–Crippen MR) is 92.8 cm³/mol. The number of nitrogens with one attached hydrogen (secondary N) is 1. The van der Waals surface area contributed by atoms with E-state index in [1.807, 2.05) is 6.92 Å². The minimum absolute atomic E-state index is 0.236. The average Bonchev–Trinajstić information content (AvgIpc) is 2.56. The van der Waals surface area contributed by atoms with Crippen molar-refractivity contribution in [1.29, 1.82) is 0 Å². The molecule has 0 aliphatic rings. The lowest BCUT2D eigenvalue weighted by Crippen LogP contribution is -2.12. The minimum atomic E-state index is -0.236. The van der Waals surface area contributed by atoms with Gasteiger partial charge in [0.2, 0.25) is 0 Å². The first kappa shape index (κ1) is 16.9. The van der Waals surface area contributed by atoms with Crippen molar-refractivity contribution in [3.63, 3.8) is 0 Å². The zero-order chi connectivity index (χ0) is 16.8. The first-order valence-corrected chi connectivity index (χ1v) is 7.42. The van der Waals surface area contributed by atoms with Crippen LogP contribution in [0.25, 0.3) is 0 Å². The molecule has 0 saturated carbocycles. The van der Waals surface area contributed by atoms with Gasteiger partial charge in [-0.2, -0.15) is 0 Å². The van der Waals surface area contributed by atoms with E-state index in [1.54, 1.807) is 42.5 Å². The summed E-state index contributed by atoms with van der Waals surface area (Å²) in [6.45, 7) is 5.88. The molecule has 0 heterocycles. The van der Waals surface area contributed by atoms with Crippen LogP contribution >= 0.6 is 11.6 Å². The van der Waals surface area contributed by atoms with Crippen molar-refractivity contribution < 1.29 is 14.3 Å². The van der Waals surface area contributed by atoms with E-state index in [4.69, 9.17) is 21.1 Å². The van der Waals surface area contributed by atoms with E-state index < -0.39 is 0 Å². The monoisotopic (exact) mass is 331 g/mol. The third-order valence-electron chi connectivity index (χ3n) is 3.21. The van der Waals surface area contributed by atoms with Gasteiger partial charge in [0.05, 0.1) is 12.8 Å². The highest BCUT2D eigenvalue weighted by Gasteiger charge is 2.12. The lowest BCUT2D eigenvalue weighted by atomic mass is 10.1. The highest BCUT2D eigenvalue weighted by Crippen LogP contribution is 2.31. The fourth-order valence-corrected chi connectivity index (χ4v) is 2.14. The van der Waals surface area contributed by atoms with Crippen LogP contribution in [0.5, 0.6) is 11.5 Å². The maximum absolute atomic E-state index is 12.3. The second-order valence-electron chi connectivity index (χ2n) is 4.88. The minimum Gasteiger partial charge on any atom is -0.495 e. The molecule has 0 saturated heterocycles. The number of benzene rings is 2. The van der Waals surface area contributed by atoms with Gasteiger partial charge in [-0.3, -0.25) is 4.79 Å². The summed E-state index contributed by atoms with van der Waals surface area (Å²) in [5.74, 6) is 0.960. The number of aryl methyl sites for hydroxylation is 1. The molecule has 0 spiro atoms. The highest BCUT2D eigenvalue weighted by atomic mass is 35.5. The van der Waals surface area contributed by atoms with E-state index in [0.717, 1.165) is 5.56 Å². The summed E-state index contributed by atoms with van der Waals surface area (Å²) in [5.41, 5.74) is 1.95. The van der Waals surface area contributed by atoms with Crippen molar-refractivity contribution in [3.8, 4) is 11.5 Å². The average molecular weight is 332 g/mol. The number of carbonyl (C=O) groups is 1. The van der Waals surface area contributed by atoms with Crippen molar-refractivity contribution in [2.45, 2.75) is 6.92 Å². The Bertz CT molecular complexity index is 711. The number of hydrogen-bond donors (Lipinski definition) is 1. The zero-order valence-electron chi connectivity index (χ0n) is 13.1. The maximum atomic E-state index is 12.3. The number of ether oxygens (including phenoxy) is 2. The van der Waals surface area contributed by atoms with Gasteiger partial charge in [0, 0.05) is 16.7 Å². The molecule has 1 amide bonds. The van der Waals surface area contributed by atoms with Gasteiger partial charge in [-0.05, 0) is 42.8 Å². The molecule has 4 nitrogen and oxygen atoms in total. The standard InChI is InChI=1S/C18H18ClNO3/c1-4-9-23-14-7-5-13(6-8-14)18(21)20-16-10-12(2)15(19)11-17(16)22-3/h4-8,10-11H,1,9H2,2-3H3,(H,20,21). The van der Waals surface area contributed by atoms with Crippen molar-refractivity contribution in [2.24, 2.45) is 0 Å². The number of amides is 1. The van der Waals surface area contributed by atoms with Gasteiger partial charge in [-0.1, -0.05) is 24.3 Å². The van der Waals surface area contributed by atoms with Crippen LogP contribution in [0.3, 0.4) is 0 Å². The van der Waals surface area contributed by atoms with Gasteiger partial charge in [0.25, 0.3) is 5.91 Å². The van der Waals surface area contributed by atoms with Crippen LogP contribution in [-0.2, 0) is 0 Å². The van der Waals surface area contributed by atoms with Crippen molar-refractivity contribution in [1.82, 2.24) is 0 Å². The first-order valence-electron chi connectivity index (χ1n) is 7.04. The Morgan fingerprint density at radius 2 is 2.00 bits per heavy atom. The van der Waals surface area contributed by atoms with E-state index in [2.05, 4.69) is 11.9 Å². The second-order valence-corrected chi connectivity index (χ2v) is 5.29. The Hall–Kier alpha value is -2.46. The summed E-state index contributed by atoms with van der Waals surface area (Å²) >= 11 is 6.06. The molecule has 23 heavy (non-hydrogen) atoms. The molecule has 0 fully saturated rings. The summed E-state index contributed by atoms with van der Waals surface area (Å²) in [6, 6.07) is 10.3. The molecule has 2 rings (SSSR count). The van der Waals surface area contributed by atoms with Crippen LogP contribution < -0.4 is 14.8 Å². The zero-order valence-corrected chi connectivity index (χ0v) is 13.8. The Morgan fingerprint density at radius 3 is 2.61 bits per heavy atom. The van der Waals surface area contributed by atoms with E-state index in [1.165, 1.54) is 7.11 Å². The summed E-state index contributed by atoms with van der Waals surface area (Å²) in [5, 5.41) is 3.42. The molecule has 0 bridgehead atoms. The van der Waals surface area contributed by atoms with Crippen LogP contribution in [-0.4, -0.2) is 19.6 Å². The normalized spacial score (nSPS) is 10.0. The van der Waals surface area contributed by atoms with E-state index in [9.17, 15) is 4.79 Å². The molecule has 2 aromatic carbocycles. The quantitative estimate of drug-likeness (QED) is 0.794. The Labute approximate surface area is 140 Å². The molecule has 1 N–H and O–H groups in total. The lowest BCUT2D eigenvalue weighted by Gasteiger charge is -2.12. The van der Waals surface area contributed by atoms with Gasteiger partial charge in [-0.15, -0.1) is 0 Å².